The summed E-state index contributed by atoms with van der Waals surface area (Å²) >= 11 is -1.47. The number of amides is 1. The summed E-state index contributed by atoms with van der Waals surface area (Å²) in [6, 6.07) is 0. The molecule has 0 radical (unpaired) electrons. The summed E-state index contributed by atoms with van der Waals surface area (Å²) in [5.41, 5.74) is 4.91. The molecule has 2 atom stereocenters. The van der Waals surface area contributed by atoms with Crippen LogP contribution in [-0.4, -0.2) is 48.4 Å². The maximum Gasteiger partial charge on any atom is 0.325 e. The summed E-state index contributed by atoms with van der Waals surface area (Å²) in [6.45, 7) is 5.22. The highest BCUT2D eigenvalue weighted by atomic mass is 32.2. The fraction of sp³-hybridized carbons (Fsp3) is 0.571. The molecule has 0 aromatic carbocycles. The van der Waals surface area contributed by atoms with Gasteiger partial charge in [-0.15, -0.1) is 15.6 Å². The maximum absolute atomic E-state index is 12.6. The van der Waals surface area contributed by atoms with Crippen molar-refractivity contribution < 1.29 is 27.5 Å². The second-order valence-electron chi connectivity index (χ2n) is 5.69. The van der Waals surface area contributed by atoms with Crippen molar-refractivity contribution in [3.05, 3.63) is 11.1 Å². The second kappa shape index (κ2) is 10.1. The largest absolute Gasteiger partial charge is 0.395 e. The lowest BCUT2D eigenvalue weighted by atomic mass is 9.74. The normalized spacial score (nSPS) is 19.4. The Morgan fingerprint density at radius 3 is 2.63 bits per heavy atom. The fourth-order valence-corrected chi connectivity index (χ4v) is 3.33. The van der Waals surface area contributed by atoms with Crippen LogP contribution in [0.3, 0.4) is 0 Å². The number of anilines is 1. The number of hydrogen-bond donors (Lipinski definition) is 2. The van der Waals surface area contributed by atoms with E-state index in [1.807, 2.05) is 0 Å². The van der Waals surface area contributed by atoms with Crippen LogP contribution >= 0.6 is 24.8 Å². The number of Topliss-reactive ketones (excluding diaryl/α,β-unsaturated/α-hetero) is 1. The van der Waals surface area contributed by atoms with Crippen molar-refractivity contribution in [1.29, 1.82) is 0 Å². The van der Waals surface area contributed by atoms with Crippen LogP contribution in [0.25, 0.3) is 0 Å². The van der Waals surface area contributed by atoms with Crippen molar-refractivity contribution in [2.75, 3.05) is 12.3 Å². The molecule has 1 aliphatic heterocycles. The highest BCUT2D eigenvalue weighted by Gasteiger charge is 2.57. The zero-order valence-electron chi connectivity index (χ0n) is 14.3. The molecule has 1 aliphatic rings. The second-order valence-corrected chi connectivity index (χ2v) is 7.16. The van der Waals surface area contributed by atoms with Crippen LogP contribution in [0.5, 0.6) is 0 Å². The van der Waals surface area contributed by atoms with E-state index in [2.05, 4.69) is 14.4 Å². The smallest absolute Gasteiger partial charge is 0.325 e. The van der Waals surface area contributed by atoms with Crippen LogP contribution < -0.4 is 5.73 Å². The number of carbonyl (C=O) groups is 2. The molecule has 1 aromatic rings. The Morgan fingerprint density at radius 2 is 2.19 bits per heavy atom. The number of nitrogen functional groups attached to an aromatic ring is 1. The van der Waals surface area contributed by atoms with Gasteiger partial charge in [0.15, 0.2) is 16.6 Å². The van der Waals surface area contributed by atoms with Gasteiger partial charge in [-0.1, -0.05) is 12.6 Å². The zero-order valence-corrected chi connectivity index (χ0v) is 16.9. The van der Waals surface area contributed by atoms with Gasteiger partial charge in [0.05, 0.1) is 11.5 Å². The lowest BCUT2D eigenvalue weighted by molar-refractivity contribution is -0.226. The van der Waals surface area contributed by atoms with Gasteiger partial charge in [-0.05, 0) is 20.8 Å². The number of hydrogen-bond acceptors (Lipinski definition) is 9. The van der Waals surface area contributed by atoms with Crippen molar-refractivity contribution in [2.45, 2.75) is 40.2 Å². The number of ketones is 1. The van der Waals surface area contributed by atoms with Gasteiger partial charge in [0.1, 0.15) is 12.3 Å². The third-order valence-corrected chi connectivity index (χ3v) is 4.67. The molecule has 0 spiro atoms. The minimum atomic E-state index is -2.63. The molecule has 0 aliphatic carbocycles. The van der Waals surface area contributed by atoms with Gasteiger partial charge in [0, 0.05) is 11.8 Å². The van der Waals surface area contributed by atoms with E-state index in [0.717, 1.165) is 16.4 Å². The van der Waals surface area contributed by atoms with Gasteiger partial charge < -0.3 is 10.6 Å². The number of β-lactam (4-membered cyclic amide) rings is 1. The van der Waals surface area contributed by atoms with Crippen molar-refractivity contribution >= 4 is 58.7 Å². The Bertz CT molecular complexity index is 736. The lowest BCUT2D eigenvalue weighted by Crippen LogP contribution is -2.68. The Hall–Kier alpha value is -1.54. The molecule has 1 saturated heterocycles. The molecule has 3 N–H and O–H groups in total. The number of nitrogens with zero attached hydrogens (tertiary/aromatic N) is 3. The minimum Gasteiger partial charge on any atom is -0.395 e. The molecular weight excluding hydrogens is 416 g/mol. The van der Waals surface area contributed by atoms with E-state index in [1.165, 1.54) is 0 Å². The van der Waals surface area contributed by atoms with Crippen LogP contribution in [0.4, 0.5) is 5.13 Å². The van der Waals surface area contributed by atoms with Crippen LogP contribution in [0.2, 0.25) is 0 Å². The van der Waals surface area contributed by atoms with Crippen molar-refractivity contribution in [3.63, 3.8) is 0 Å². The predicted molar refractivity (Wildman–Crippen MR) is 108 cm³/mol. The molecule has 2 unspecified atom stereocenters. The summed E-state index contributed by atoms with van der Waals surface area (Å²) in [4.78, 5) is 33.7. The maximum atomic E-state index is 12.6. The Labute approximate surface area is 171 Å². The fourth-order valence-electron chi connectivity index (χ4n) is 2.38. The van der Waals surface area contributed by atoms with E-state index in [-0.39, 0.29) is 50.5 Å². The zero-order chi connectivity index (χ0) is 18.8. The third-order valence-electron chi connectivity index (χ3n) is 3.72. The average Bonchev–Trinajstić information content (AvgIpc) is 2.96. The molecule has 27 heavy (non-hydrogen) atoms. The van der Waals surface area contributed by atoms with Crippen molar-refractivity contribution in [3.8, 4) is 0 Å². The molecule has 2 rings (SSSR count). The first-order valence-electron chi connectivity index (χ1n) is 7.26. The summed E-state index contributed by atoms with van der Waals surface area (Å²) in [7, 11) is 0. The van der Waals surface area contributed by atoms with E-state index in [9.17, 15) is 13.8 Å². The number of oxime groups is 1. The molecular formula is C14H24N4O6S3. The summed E-state index contributed by atoms with van der Waals surface area (Å²) in [5.74, 6) is -1.74. The predicted octanol–water partition coefficient (Wildman–Crippen LogP) is 1.48. The summed E-state index contributed by atoms with van der Waals surface area (Å²) in [6.07, 6.45) is -0.174. The number of aromatic nitrogens is 1. The molecule has 1 aromatic heterocycles. The Kier molecular flexibility index (Phi) is 9.55. The van der Waals surface area contributed by atoms with Crippen molar-refractivity contribution in [2.24, 2.45) is 11.1 Å². The van der Waals surface area contributed by atoms with Crippen LogP contribution in [0.1, 0.15) is 40.3 Å². The molecule has 10 nitrogen and oxygen atoms in total. The molecule has 1 amide bonds. The van der Waals surface area contributed by atoms with E-state index in [4.69, 9.17) is 15.1 Å². The molecule has 2 heterocycles. The van der Waals surface area contributed by atoms with Gasteiger partial charge in [-0.25, -0.2) is 4.98 Å². The summed E-state index contributed by atoms with van der Waals surface area (Å²) < 4.78 is 24.1. The van der Waals surface area contributed by atoms with Gasteiger partial charge in [0.25, 0.3) is 5.91 Å². The van der Waals surface area contributed by atoms with Crippen LogP contribution in [0, 0.1) is 5.92 Å². The molecule has 0 saturated carbocycles. The highest BCUT2D eigenvalue weighted by molar-refractivity contribution is 7.74. The quantitative estimate of drug-likeness (QED) is 0.268. The average molecular weight is 441 g/mol. The van der Waals surface area contributed by atoms with Crippen LogP contribution in [-0.2, 0) is 30.1 Å². The topological polar surface area (TPSA) is 144 Å². The molecule has 13 heteroatoms. The molecule has 154 valence electrons. The van der Waals surface area contributed by atoms with E-state index in [0.29, 0.717) is 0 Å². The van der Waals surface area contributed by atoms with E-state index >= 15 is 0 Å². The van der Waals surface area contributed by atoms with Gasteiger partial charge in [-0.2, -0.15) is 22.8 Å². The van der Waals surface area contributed by atoms with Gasteiger partial charge in [0.2, 0.25) is 0 Å². The van der Waals surface area contributed by atoms with Crippen LogP contribution in [0.15, 0.2) is 10.5 Å². The van der Waals surface area contributed by atoms with Gasteiger partial charge in [-0.3, -0.25) is 14.1 Å². The molecule has 1 fully saturated rings. The standard InChI is InChI=1S/C13H18N4O6S2.CH4.H2S/c1-4-22-16-10(8-6-24-12(14)15-8)9(18)5-7-11(19)17(13(7,2)3)23-25(20)21;;/h6-7H,4-5H2,1-3H3,(H2,14,15)(H,20,21);1H4;1H2/b16-10-;;. The number of rotatable bonds is 8. The number of thiazole rings is 1. The number of hydroxylamine groups is 2. The Morgan fingerprint density at radius 1 is 1.56 bits per heavy atom. The van der Waals surface area contributed by atoms with E-state index < -0.39 is 34.5 Å². The van der Waals surface area contributed by atoms with Crippen molar-refractivity contribution in [1.82, 2.24) is 10.0 Å². The first kappa shape index (κ1) is 25.5. The summed E-state index contributed by atoms with van der Waals surface area (Å²) in [5, 5.41) is 6.43. The third kappa shape index (κ3) is 5.48. The minimum absolute atomic E-state index is 0. The Balaban J connectivity index is 0.00000338. The monoisotopic (exact) mass is 440 g/mol. The first-order valence-corrected chi connectivity index (χ1v) is 9.17. The van der Waals surface area contributed by atoms with E-state index in [1.54, 1.807) is 26.2 Å². The lowest BCUT2D eigenvalue weighted by Gasteiger charge is -2.50. The molecule has 0 bridgehead atoms. The number of carbonyl (C=O) groups excluding carboxylic acids is 2. The van der Waals surface area contributed by atoms with Gasteiger partial charge >= 0.3 is 11.4 Å². The number of nitrogens with two attached hydrogens (primary N) is 1. The SMILES string of the molecule is C.CCO/N=C(\C(=O)CC1C(=O)N(OS(=O)O)C1(C)C)c1csc(N)n1.S. The first-order chi connectivity index (χ1) is 11.7. The highest BCUT2D eigenvalue weighted by Crippen LogP contribution is 2.40.